The van der Waals surface area contributed by atoms with E-state index in [1.54, 1.807) is 55.6 Å². The molecule has 1 heterocycles. The van der Waals surface area contributed by atoms with Gasteiger partial charge < -0.3 is 20.3 Å². The summed E-state index contributed by atoms with van der Waals surface area (Å²) in [6.45, 7) is 3.75. The van der Waals surface area contributed by atoms with E-state index in [1.165, 1.54) is 24.2 Å². The molecule has 2 aromatic carbocycles. The summed E-state index contributed by atoms with van der Waals surface area (Å²) < 4.78 is 5.11. The molecule has 0 saturated carbocycles. The number of piperidine rings is 1. The number of amides is 2. The molecule has 0 spiro atoms. The molecule has 2 amide bonds. The number of nitrogens with one attached hydrogen (secondary N) is 3. The predicted molar refractivity (Wildman–Crippen MR) is 110 cm³/mol. The van der Waals surface area contributed by atoms with Gasteiger partial charge in [0.1, 0.15) is 5.75 Å². The first-order chi connectivity index (χ1) is 13.5. The van der Waals surface area contributed by atoms with Gasteiger partial charge in [0.15, 0.2) is 6.54 Å². The van der Waals surface area contributed by atoms with Gasteiger partial charge in [-0.1, -0.05) is 0 Å². The topological polar surface area (TPSA) is 71.9 Å². The molecular formula is C22H28N3O3+. The highest BCUT2D eigenvalue weighted by atomic mass is 16.5. The lowest BCUT2D eigenvalue weighted by Crippen LogP contribution is -3.17. The maximum atomic E-state index is 12.4. The van der Waals surface area contributed by atoms with E-state index in [0.717, 1.165) is 12.3 Å². The van der Waals surface area contributed by atoms with E-state index >= 15 is 0 Å². The third kappa shape index (κ3) is 5.33. The summed E-state index contributed by atoms with van der Waals surface area (Å²) >= 11 is 0. The van der Waals surface area contributed by atoms with E-state index in [0.29, 0.717) is 29.5 Å². The minimum atomic E-state index is -0.199. The lowest BCUT2D eigenvalue weighted by molar-refractivity contribution is -0.920. The zero-order valence-electron chi connectivity index (χ0n) is 16.5. The summed E-state index contributed by atoms with van der Waals surface area (Å²) in [6.07, 6.45) is 3.62. The number of hydrogen-bond acceptors (Lipinski definition) is 3. The molecule has 3 N–H and O–H groups in total. The number of carbonyl (C=O) groups is 2. The van der Waals surface area contributed by atoms with Crippen LogP contribution in [0.25, 0.3) is 0 Å². The first-order valence-electron chi connectivity index (χ1n) is 9.75. The molecule has 0 bridgehead atoms. The Kier molecular flexibility index (Phi) is 6.66. The Hall–Kier alpha value is -2.86. The molecule has 1 fully saturated rings. The van der Waals surface area contributed by atoms with Crippen molar-refractivity contribution in [3.8, 4) is 5.75 Å². The van der Waals surface area contributed by atoms with Gasteiger partial charge in [-0.05, 0) is 74.7 Å². The Morgan fingerprint density at radius 2 is 1.64 bits per heavy atom. The number of ether oxygens (including phenoxy) is 1. The van der Waals surface area contributed by atoms with Crippen molar-refractivity contribution < 1.29 is 19.2 Å². The van der Waals surface area contributed by atoms with Crippen molar-refractivity contribution in [2.45, 2.75) is 32.2 Å². The summed E-state index contributed by atoms with van der Waals surface area (Å²) in [5.41, 5.74) is 1.93. The van der Waals surface area contributed by atoms with E-state index in [9.17, 15) is 9.59 Å². The van der Waals surface area contributed by atoms with Gasteiger partial charge in [-0.3, -0.25) is 9.59 Å². The maximum absolute atomic E-state index is 12.4. The Bertz CT molecular complexity index is 803. The van der Waals surface area contributed by atoms with Crippen LogP contribution >= 0.6 is 0 Å². The monoisotopic (exact) mass is 382 g/mol. The van der Waals surface area contributed by atoms with Crippen LogP contribution in [0.5, 0.6) is 5.75 Å². The van der Waals surface area contributed by atoms with E-state index in [2.05, 4.69) is 17.6 Å². The highest BCUT2D eigenvalue weighted by molar-refractivity contribution is 6.04. The summed E-state index contributed by atoms with van der Waals surface area (Å²) in [4.78, 5) is 26.0. The number of likely N-dealkylation sites (tertiary alicyclic amines) is 1. The molecule has 28 heavy (non-hydrogen) atoms. The Morgan fingerprint density at radius 1 is 1.00 bits per heavy atom. The lowest BCUT2D eigenvalue weighted by atomic mass is 10.0. The van der Waals surface area contributed by atoms with Crippen molar-refractivity contribution in [1.82, 2.24) is 0 Å². The smallest absolute Gasteiger partial charge is 0.279 e. The van der Waals surface area contributed by atoms with Crippen molar-refractivity contribution in [3.63, 3.8) is 0 Å². The van der Waals surface area contributed by atoms with Gasteiger partial charge in [-0.2, -0.15) is 0 Å². The number of rotatable bonds is 6. The van der Waals surface area contributed by atoms with E-state index in [1.807, 2.05) is 0 Å². The van der Waals surface area contributed by atoms with Gasteiger partial charge in [-0.15, -0.1) is 0 Å². The fourth-order valence-electron chi connectivity index (χ4n) is 3.51. The molecular weight excluding hydrogens is 354 g/mol. The van der Waals surface area contributed by atoms with Gasteiger partial charge in [-0.25, -0.2) is 0 Å². The minimum Gasteiger partial charge on any atom is -0.497 e. The van der Waals surface area contributed by atoms with Gasteiger partial charge >= 0.3 is 0 Å². The first kappa shape index (κ1) is 19.9. The zero-order valence-corrected chi connectivity index (χ0v) is 16.5. The van der Waals surface area contributed by atoms with Crippen LogP contribution in [-0.4, -0.2) is 38.1 Å². The second-order valence-electron chi connectivity index (χ2n) is 7.29. The van der Waals surface area contributed by atoms with Crippen LogP contribution in [0.3, 0.4) is 0 Å². The predicted octanol–water partition coefficient (Wildman–Crippen LogP) is 2.34. The number of carbonyl (C=O) groups excluding carboxylic acids is 2. The second kappa shape index (κ2) is 9.37. The fraction of sp³-hybridized carbons (Fsp3) is 0.364. The van der Waals surface area contributed by atoms with Crippen LogP contribution in [0.2, 0.25) is 0 Å². The molecule has 1 unspecified atom stereocenters. The summed E-state index contributed by atoms with van der Waals surface area (Å²) in [6, 6.07) is 14.6. The number of quaternary nitrogens is 1. The van der Waals surface area contributed by atoms with E-state index in [-0.39, 0.29) is 11.8 Å². The van der Waals surface area contributed by atoms with Crippen molar-refractivity contribution >= 4 is 23.2 Å². The average molecular weight is 382 g/mol. The van der Waals surface area contributed by atoms with Crippen molar-refractivity contribution in [1.29, 1.82) is 0 Å². The average Bonchev–Trinajstić information content (AvgIpc) is 2.71. The van der Waals surface area contributed by atoms with Gasteiger partial charge in [0.25, 0.3) is 11.8 Å². The van der Waals surface area contributed by atoms with Crippen LogP contribution in [-0.2, 0) is 4.79 Å². The fourth-order valence-corrected chi connectivity index (χ4v) is 3.51. The van der Waals surface area contributed by atoms with Crippen molar-refractivity contribution in [2.24, 2.45) is 0 Å². The molecule has 6 nitrogen and oxygen atoms in total. The lowest BCUT2D eigenvalue weighted by Gasteiger charge is -2.29. The molecule has 1 aliphatic rings. The van der Waals surface area contributed by atoms with Gasteiger partial charge in [0.05, 0.1) is 19.7 Å². The van der Waals surface area contributed by atoms with E-state index in [4.69, 9.17) is 4.74 Å². The SMILES string of the molecule is COc1ccc(NC(=O)c2ccc(NC(=O)C[NH+]3CCCC[C@H]3C)cc2)cc1. The quantitative estimate of drug-likeness (QED) is 0.718. The molecule has 148 valence electrons. The molecule has 0 aromatic heterocycles. The molecule has 0 radical (unpaired) electrons. The molecule has 0 aliphatic carbocycles. The third-order valence-corrected chi connectivity index (χ3v) is 5.25. The highest BCUT2D eigenvalue weighted by Gasteiger charge is 2.24. The minimum absolute atomic E-state index is 0.0131. The van der Waals surface area contributed by atoms with E-state index < -0.39 is 0 Å². The number of hydrogen-bond donors (Lipinski definition) is 3. The molecule has 2 atom stereocenters. The largest absolute Gasteiger partial charge is 0.497 e. The first-order valence-corrected chi connectivity index (χ1v) is 9.75. The third-order valence-electron chi connectivity index (χ3n) is 5.25. The Balaban J connectivity index is 1.53. The van der Waals surface area contributed by atoms with Gasteiger partial charge in [0.2, 0.25) is 0 Å². The van der Waals surface area contributed by atoms with Crippen LogP contribution in [0.4, 0.5) is 11.4 Å². The van der Waals surface area contributed by atoms with Crippen LogP contribution in [0, 0.1) is 0 Å². The molecule has 6 heteroatoms. The molecule has 1 saturated heterocycles. The van der Waals surface area contributed by atoms with Crippen molar-refractivity contribution in [3.05, 3.63) is 54.1 Å². The summed E-state index contributed by atoms with van der Waals surface area (Å²) in [5.74, 6) is 0.549. The summed E-state index contributed by atoms with van der Waals surface area (Å²) in [5, 5.41) is 5.78. The highest BCUT2D eigenvalue weighted by Crippen LogP contribution is 2.16. The second-order valence-corrected chi connectivity index (χ2v) is 7.29. The van der Waals surface area contributed by atoms with Gasteiger partial charge in [0, 0.05) is 16.9 Å². The number of anilines is 2. The number of methoxy groups -OCH3 is 1. The maximum Gasteiger partial charge on any atom is 0.279 e. The Morgan fingerprint density at radius 3 is 2.29 bits per heavy atom. The Labute approximate surface area is 165 Å². The standard InChI is InChI=1S/C22H27N3O3/c1-16-5-3-4-14-25(16)15-21(26)23-18-8-6-17(7-9-18)22(27)24-19-10-12-20(28-2)13-11-19/h6-13,16H,3-5,14-15H2,1-2H3,(H,23,26)(H,24,27)/p+1/t16-/m1/s1. The number of benzene rings is 2. The normalized spacial score (nSPS) is 18.9. The molecule has 1 aliphatic heterocycles. The van der Waals surface area contributed by atoms with Crippen LogP contribution in [0.1, 0.15) is 36.5 Å². The van der Waals surface area contributed by atoms with Crippen LogP contribution < -0.4 is 20.3 Å². The van der Waals surface area contributed by atoms with Crippen molar-refractivity contribution in [2.75, 3.05) is 30.8 Å². The molecule has 3 rings (SSSR count). The summed E-state index contributed by atoms with van der Waals surface area (Å²) in [7, 11) is 1.60. The van der Waals surface area contributed by atoms with Crippen LogP contribution in [0.15, 0.2) is 48.5 Å². The molecule has 2 aromatic rings. The zero-order chi connectivity index (χ0) is 19.9.